The number of hydrogen-bond acceptors (Lipinski definition) is 3. The Morgan fingerprint density at radius 1 is 0.818 bits per heavy atom. The van der Waals surface area contributed by atoms with E-state index in [1.807, 2.05) is 54.6 Å². The normalized spacial score (nSPS) is 9.33. The molecule has 160 valence electrons. The van der Waals surface area contributed by atoms with E-state index < -0.39 is 0 Å². The molecule has 4 rings (SSSR count). The number of rotatable bonds is 2. The number of para-hydroxylation sites is 1. The van der Waals surface area contributed by atoms with E-state index in [4.69, 9.17) is 0 Å². The molecule has 1 aliphatic heterocycles. The fourth-order valence-electron chi connectivity index (χ4n) is 2.74. The van der Waals surface area contributed by atoms with Gasteiger partial charge in [-0.05, 0) is 66.9 Å². The lowest BCUT2D eigenvalue weighted by molar-refractivity contribution is 0.650. The van der Waals surface area contributed by atoms with Crippen LogP contribution in [0.3, 0.4) is 0 Å². The maximum atomic E-state index is 12.6. The molecule has 2 aromatic carbocycles. The van der Waals surface area contributed by atoms with Gasteiger partial charge in [0.1, 0.15) is 5.82 Å². The predicted octanol–water partition coefficient (Wildman–Crippen LogP) is 5.53. The van der Waals surface area contributed by atoms with E-state index in [0.717, 1.165) is 27.7 Å². The summed E-state index contributed by atoms with van der Waals surface area (Å²) in [5, 5.41) is 4.49. The number of hydrogen-bond donors (Lipinski definition) is 0. The van der Waals surface area contributed by atoms with Crippen LogP contribution in [0.25, 0.3) is 5.69 Å². The van der Waals surface area contributed by atoms with Crippen molar-refractivity contribution in [3.05, 3.63) is 149 Å². The van der Waals surface area contributed by atoms with Gasteiger partial charge < -0.3 is 0 Å². The molecular formula is C28H21N3OS. The molecule has 0 spiro atoms. The smallest absolute Gasteiger partial charge is 0.246 e. The molecule has 0 aliphatic carbocycles. The van der Waals surface area contributed by atoms with Crippen molar-refractivity contribution < 1.29 is 0 Å². The van der Waals surface area contributed by atoms with Crippen LogP contribution in [0.5, 0.6) is 0 Å². The summed E-state index contributed by atoms with van der Waals surface area (Å²) >= 11 is 1.72. The van der Waals surface area contributed by atoms with Crippen LogP contribution in [0.4, 0.5) is 0 Å². The van der Waals surface area contributed by atoms with Crippen LogP contribution in [-0.2, 0) is 12.3 Å². The van der Waals surface area contributed by atoms with Crippen molar-refractivity contribution in [1.82, 2.24) is 14.3 Å². The monoisotopic (exact) mass is 447 g/mol. The summed E-state index contributed by atoms with van der Waals surface area (Å²) in [4.78, 5) is 13.8. The summed E-state index contributed by atoms with van der Waals surface area (Å²) in [6.45, 7) is 13.4. The Bertz CT molecular complexity index is 1430. The van der Waals surface area contributed by atoms with Gasteiger partial charge in [-0.15, -0.1) is 11.8 Å². The van der Waals surface area contributed by atoms with Gasteiger partial charge in [-0.25, -0.2) is 14.0 Å². The lowest BCUT2D eigenvalue weighted by atomic mass is 10.2. The standard InChI is InChI=1S/C16H13N3OS.C7H4.C5H4/c20-16-18(10-12-6-2-1-3-7-12)17-15-11-21-14-9-5-4-8-13(14)19(15)16;1-3-5-7-6-4-2;1-3-5-4-2/h1-9H,10-11H2;1-2H2;1-2H2. The minimum Gasteiger partial charge on any atom is -0.246 e. The van der Waals surface area contributed by atoms with Crippen LogP contribution in [-0.4, -0.2) is 14.3 Å². The molecule has 0 radical (unpaired) electrons. The first-order valence-corrected chi connectivity index (χ1v) is 10.7. The zero-order chi connectivity index (χ0) is 23.9. The molecule has 2 heterocycles. The van der Waals surface area contributed by atoms with Crippen molar-refractivity contribution in [2.24, 2.45) is 0 Å². The largest absolute Gasteiger partial charge is 0.350 e. The molecule has 0 amide bonds. The molecule has 0 atom stereocenters. The maximum Gasteiger partial charge on any atom is 0.350 e. The Morgan fingerprint density at radius 3 is 2.03 bits per heavy atom. The third-order valence-electron chi connectivity index (χ3n) is 4.02. The quantitative estimate of drug-likeness (QED) is 0.485. The SMILES string of the molecule is C=C=C=C=C.C=C=C=C=C=C=C.O=c1n(Cc2ccccc2)nc2n1-c1ccccc1SC2. The molecule has 33 heavy (non-hydrogen) atoms. The minimum absolute atomic E-state index is 0.0680. The summed E-state index contributed by atoms with van der Waals surface area (Å²) in [7, 11) is 0. The van der Waals surface area contributed by atoms with E-state index >= 15 is 0 Å². The second kappa shape index (κ2) is 13.7. The molecule has 1 aliphatic rings. The number of fused-ring (bicyclic) bond motifs is 3. The highest BCUT2D eigenvalue weighted by Gasteiger charge is 2.21. The van der Waals surface area contributed by atoms with Crippen LogP contribution < -0.4 is 5.69 Å². The zero-order valence-electron chi connectivity index (χ0n) is 18.1. The minimum atomic E-state index is -0.0680. The molecule has 0 N–H and O–H groups in total. The summed E-state index contributed by atoms with van der Waals surface area (Å²) in [6.07, 6.45) is 0. The van der Waals surface area contributed by atoms with E-state index in [0.29, 0.717) is 6.54 Å². The van der Waals surface area contributed by atoms with Crippen LogP contribution in [0, 0.1) is 0 Å². The molecule has 1 aromatic heterocycles. The number of benzene rings is 2. The number of nitrogens with zero attached hydrogens (tertiary/aromatic N) is 3. The highest BCUT2D eigenvalue weighted by Crippen LogP contribution is 2.32. The Kier molecular flexibility index (Phi) is 10.3. The zero-order valence-corrected chi connectivity index (χ0v) is 18.9. The fraction of sp³-hybridized carbons (Fsp3) is 0.0714. The Hall–Kier alpha value is -4.55. The molecule has 0 unspecified atom stereocenters. The Balaban J connectivity index is 0.000000269. The van der Waals surface area contributed by atoms with E-state index in [2.05, 4.69) is 77.3 Å². The second-order valence-corrected chi connectivity index (χ2v) is 7.16. The van der Waals surface area contributed by atoms with Gasteiger partial charge in [-0.1, -0.05) is 65.4 Å². The second-order valence-electron chi connectivity index (χ2n) is 6.14. The fourth-order valence-corrected chi connectivity index (χ4v) is 3.69. The highest BCUT2D eigenvalue weighted by molar-refractivity contribution is 7.98. The number of aromatic nitrogens is 3. The third kappa shape index (κ3) is 7.27. The topological polar surface area (TPSA) is 39.8 Å². The highest BCUT2D eigenvalue weighted by atomic mass is 32.2. The lowest BCUT2D eigenvalue weighted by Gasteiger charge is -2.15. The molecule has 5 heteroatoms. The van der Waals surface area contributed by atoms with E-state index in [1.54, 1.807) is 21.0 Å². The Labute approximate surface area is 197 Å². The van der Waals surface area contributed by atoms with Gasteiger partial charge in [0.25, 0.3) is 0 Å². The van der Waals surface area contributed by atoms with Crippen molar-refractivity contribution in [2.45, 2.75) is 17.2 Å². The summed E-state index contributed by atoms with van der Waals surface area (Å²) in [6, 6.07) is 17.9. The van der Waals surface area contributed by atoms with Crippen molar-refractivity contribution in [2.75, 3.05) is 0 Å². The first-order valence-electron chi connectivity index (χ1n) is 9.69. The van der Waals surface area contributed by atoms with Gasteiger partial charge >= 0.3 is 5.69 Å². The molecule has 0 saturated heterocycles. The summed E-state index contributed by atoms with van der Waals surface area (Å²) in [5.74, 6) is 1.55. The first kappa shape index (κ1) is 24.7. The molecule has 0 saturated carbocycles. The average Bonchev–Trinajstić information content (AvgIpc) is 3.17. The van der Waals surface area contributed by atoms with Gasteiger partial charge in [-0.2, -0.15) is 5.10 Å². The van der Waals surface area contributed by atoms with Crippen molar-refractivity contribution in [3.8, 4) is 5.69 Å². The van der Waals surface area contributed by atoms with Gasteiger partial charge in [-0.3, -0.25) is 0 Å². The number of thioether (sulfide) groups is 1. The first-order chi connectivity index (χ1) is 16.2. The van der Waals surface area contributed by atoms with Gasteiger partial charge in [0, 0.05) is 4.90 Å². The van der Waals surface area contributed by atoms with Gasteiger partial charge in [0.2, 0.25) is 0 Å². The molecule has 0 bridgehead atoms. The van der Waals surface area contributed by atoms with Crippen molar-refractivity contribution >= 4 is 11.8 Å². The molecule has 0 fully saturated rings. The van der Waals surface area contributed by atoms with Gasteiger partial charge in [0.05, 0.1) is 18.0 Å². The van der Waals surface area contributed by atoms with E-state index in [-0.39, 0.29) is 5.69 Å². The van der Waals surface area contributed by atoms with Crippen LogP contribution in [0.15, 0.2) is 136 Å². The predicted molar refractivity (Wildman–Crippen MR) is 134 cm³/mol. The average molecular weight is 448 g/mol. The van der Waals surface area contributed by atoms with Crippen molar-refractivity contribution in [1.29, 1.82) is 0 Å². The lowest BCUT2D eigenvalue weighted by Crippen LogP contribution is -2.25. The summed E-state index contributed by atoms with van der Waals surface area (Å²) in [5.41, 5.74) is 21.0. The summed E-state index contributed by atoms with van der Waals surface area (Å²) < 4.78 is 3.28. The third-order valence-corrected chi connectivity index (χ3v) is 5.08. The molecule has 3 aromatic rings. The Morgan fingerprint density at radius 2 is 1.42 bits per heavy atom. The van der Waals surface area contributed by atoms with Crippen LogP contribution in [0.1, 0.15) is 11.4 Å². The maximum absolute atomic E-state index is 12.6. The molecule has 4 nitrogen and oxygen atoms in total. The van der Waals surface area contributed by atoms with Crippen LogP contribution >= 0.6 is 11.8 Å². The van der Waals surface area contributed by atoms with E-state index in [1.165, 1.54) is 0 Å². The molecular weight excluding hydrogens is 426 g/mol. The van der Waals surface area contributed by atoms with Gasteiger partial charge in [0.15, 0.2) is 0 Å². The van der Waals surface area contributed by atoms with Crippen LogP contribution in [0.2, 0.25) is 0 Å². The van der Waals surface area contributed by atoms with Crippen molar-refractivity contribution in [3.63, 3.8) is 0 Å². The van der Waals surface area contributed by atoms with E-state index in [9.17, 15) is 4.79 Å².